The number of aryl methyl sites for hydroxylation is 2. The summed E-state index contributed by atoms with van der Waals surface area (Å²) >= 11 is 0. The molecule has 0 bridgehead atoms. The van der Waals surface area contributed by atoms with Crippen molar-refractivity contribution in [3.63, 3.8) is 0 Å². The third-order valence-electron chi connectivity index (χ3n) is 3.99. The second-order valence-electron chi connectivity index (χ2n) is 5.40. The first-order valence-corrected chi connectivity index (χ1v) is 7.04. The number of hydrogen-bond acceptors (Lipinski definition) is 3. The van der Waals surface area contributed by atoms with E-state index in [9.17, 15) is 4.79 Å². The number of hydrogen-bond donors (Lipinski definition) is 0. The van der Waals surface area contributed by atoms with Crippen molar-refractivity contribution in [2.45, 2.75) is 26.4 Å². The highest BCUT2D eigenvalue weighted by Crippen LogP contribution is 2.38. The Labute approximate surface area is 124 Å². The average molecular weight is 282 g/mol. The predicted octanol–water partition coefficient (Wildman–Crippen LogP) is 4.02. The quantitative estimate of drug-likeness (QED) is 0.834. The normalized spacial score (nSPS) is 17.1. The van der Waals surface area contributed by atoms with Crippen LogP contribution in [-0.2, 0) is 0 Å². The van der Waals surface area contributed by atoms with Gasteiger partial charge in [0.25, 0.3) is 0 Å². The summed E-state index contributed by atoms with van der Waals surface area (Å²) in [5, 5.41) is 0. The first-order chi connectivity index (χ1) is 10.1. The molecule has 0 saturated carbocycles. The van der Waals surface area contributed by atoms with E-state index >= 15 is 0 Å². The standard InChI is InChI=1S/C18H18O3/c1-11-5-4-6-12(2)18(11)17-10-15(19)14-8-7-13(20-3)9-16(14)21-17/h4-9,17H,10H2,1-3H3. The predicted molar refractivity (Wildman–Crippen MR) is 81.2 cm³/mol. The van der Waals surface area contributed by atoms with E-state index in [-0.39, 0.29) is 11.9 Å². The molecule has 0 aliphatic carbocycles. The highest BCUT2D eigenvalue weighted by molar-refractivity contribution is 6.00. The Hall–Kier alpha value is -2.29. The van der Waals surface area contributed by atoms with E-state index in [1.807, 2.05) is 6.07 Å². The van der Waals surface area contributed by atoms with Gasteiger partial charge in [-0.15, -0.1) is 0 Å². The number of ether oxygens (including phenoxy) is 2. The van der Waals surface area contributed by atoms with E-state index in [1.54, 1.807) is 25.3 Å². The molecule has 0 saturated heterocycles. The molecule has 1 heterocycles. The second-order valence-corrected chi connectivity index (χ2v) is 5.40. The molecule has 1 aliphatic rings. The molecule has 1 unspecified atom stereocenters. The van der Waals surface area contributed by atoms with E-state index in [2.05, 4.69) is 26.0 Å². The third kappa shape index (κ3) is 2.40. The van der Waals surface area contributed by atoms with Gasteiger partial charge in [-0.05, 0) is 42.7 Å². The lowest BCUT2D eigenvalue weighted by Crippen LogP contribution is -2.21. The summed E-state index contributed by atoms with van der Waals surface area (Å²) < 4.78 is 11.3. The van der Waals surface area contributed by atoms with E-state index < -0.39 is 0 Å². The highest BCUT2D eigenvalue weighted by Gasteiger charge is 2.29. The Bertz CT molecular complexity index is 683. The molecular weight excluding hydrogens is 264 g/mol. The van der Waals surface area contributed by atoms with Crippen molar-refractivity contribution in [2.75, 3.05) is 7.11 Å². The lowest BCUT2D eigenvalue weighted by Gasteiger charge is -2.28. The van der Waals surface area contributed by atoms with E-state index in [4.69, 9.17) is 9.47 Å². The molecular formula is C18H18O3. The molecule has 1 aliphatic heterocycles. The van der Waals surface area contributed by atoms with Gasteiger partial charge in [0.2, 0.25) is 0 Å². The van der Waals surface area contributed by atoms with E-state index in [1.165, 1.54) is 0 Å². The molecule has 0 radical (unpaired) electrons. The Balaban J connectivity index is 2.03. The van der Waals surface area contributed by atoms with Crippen LogP contribution in [0.3, 0.4) is 0 Å². The van der Waals surface area contributed by atoms with Crippen LogP contribution < -0.4 is 9.47 Å². The van der Waals surface area contributed by atoms with Gasteiger partial charge in [0, 0.05) is 6.07 Å². The SMILES string of the molecule is COc1ccc2c(c1)OC(c1c(C)cccc1C)CC2=O. The number of carbonyl (C=O) groups excluding carboxylic acids is 1. The summed E-state index contributed by atoms with van der Waals surface area (Å²) in [7, 11) is 1.61. The summed E-state index contributed by atoms with van der Waals surface area (Å²) in [5.74, 6) is 1.42. The molecule has 1 atom stereocenters. The summed E-state index contributed by atoms with van der Waals surface area (Å²) in [6.45, 7) is 4.11. The topological polar surface area (TPSA) is 35.5 Å². The van der Waals surface area contributed by atoms with Gasteiger partial charge in [0.05, 0.1) is 19.1 Å². The third-order valence-corrected chi connectivity index (χ3v) is 3.99. The van der Waals surface area contributed by atoms with Crippen LogP contribution in [0.15, 0.2) is 36.4 Å². The molecule has 3 rings (SSSR count). The van der Waals surface area contributed by atoms with Gasteiger partial charge in [0.1, 0.15) is 17.6 Å². The van der Waals surface area contributed by atoms with Crippen LogP contribution >= 0.6 is 0 Å². The van der Waals surface area contributed by atoms with Gasteiger partial charge in [-0.25, -0.2) is 0 Å². The van der Waals surface area contributed by atoms with Crippen LogP contribution in [0.2, 0.25) is 0 Å². The number of Topliss-reactive ketones (excluding diaryl/α,β-unsaturated/α-hetero) is 1. The van der Waals surface area contributed by atoms with Crippen LogP contribution in [0, 0.1) is 13.8 Å². The molecule has 108 valence electrons. The Morgan fingerprint density at radius 2 is 1.86 bits per heavy atom. The zero-order chi connectivity index (χ0) is 15.0. The molecule has 0 spiro atoms. The van der Waals surface area contributed by atoms with Gasteiger partial charge in [-0.1, -0.05) is 18.2 Å². The molecule has 0 aromatic heterocycles. The van der Waals surface area contributed by atoms with Crippen molar-refractivity contribution < 1.29 is 14.3 Å². The minimum atomic E-state index is -0.224. The Kier molecular flexibility index (Phi) is 3.42. The molecule has 0 fully saturated rings. The number of methoxy groups -OCH3 is 1. The fraction of sp³-hybridized carbons (Fsp3) is 0.278. The smallest absolute Gasteiger partial charge is 0.170 e. The van der Waals surface area contributed by atoms with E-state index in [0.29, 0.717) is 23.5 Å². The Morgan fingerprint density at radius 1 is 1.14 bits per heavy atom. The lowest BCUT2D eigenvalue weighted by molar-refractivity contribution is 0.0848. The summed E-state index contributed by atoms with van der Waals surface area (Å²) in [6.07, 6.45) is 0.156. The molecule has 3 heteroatoms. The van der Waals surface area contributed by atoms with Crippen LogP contribution in [0.4, 0.5) is 0 Å². The van der Waals surface area contributed by atoms with Gasteiger partial charge >= 0.3 is 0 Å². The van der Waals surface area contributed by atoms with Crippen molar-refractivity contribution in [1.82, 2.24) is 0 Å². The fourth-order valence-electron chi connectivity index (χ4n) is 2.93. The number of ketones is 1. The van der Waals surface area contributed by atoms with Crippen LogP contribution in [-0.4, -0.2) is 12.9 Å². The highest BCUT2D eigenvalue weighted by atomic mass is 16.5. The molecule has 0 N–H and O–H groups in total. The summed E-state index contributed by atoms with van der Waals surface area (Å²) in [5.41, 5.74) is 4.05. The maximum Gasteiger partial charge on any atom is 0.170 e. The van der Waals surface area contributed by atoms with Gasteiger partial charge in [-0.3, -0.25) is 4.79 Å². The number of benzene rings is 2. The molecule has 0 amide bonds. The maximum absolute atomic E-state index is 12.4. The van der Waals surface area contributed by atoms with Crippen molar-refractivity contribution in [3.8, 4) is 11.5 Å². The minimum Gasteiger partial charge on any atom is -0.497 e. The van der Waals surface area contributed by atoms with Gasteiger partial charge < -0.3 is 9.47 Å². The molecule has 2 aromatic rings. The zero-order valence-corrected chi connectivity index (χ0v) is 12.5. The molecule has 2 aromatic carbocycles. The van der Waals surface area contributed by atoms with Crippen LogP contribution in [0.25, 0.3) is 0 Å². The van der Waals surface area contributed by atoms with Gasteiger partial charge in [-0.2, -0.15) is 0 Å². The first-order valence-electron chi connectivity index (χ1n) is 7.04. The summed E-state index contributed by atoms with van der Waals surface area (Å²) in [4.78, 5) is 12.4. The van der Waals surface area contributed by atoms with E-state index in [0.717, 1.165) is 16.7 Å². The van der Waals surface area contributed by atoms with Crippen LogP contribution in [0.5, 0.6) is 11.5 Å². The maximum atomic E-state index is 12.4. The van der Waals surface area contributed by atoms with Crippen molar-refractivity contribution in [3.05, 3.63) is 58.7 Å². The monoisotopic (exact) mass is 282 g/mol. The average Bonchev–Trinajstić information content (AvgIpc) is 2.46. The largest absolute Gasteiger partial charge is 0.497 e. The first kappa shape index (κ1) is 13.7. The lowest BCUT2D eigenvalue weighted by atomic mass is 9.91. The fourth-order valence-corrected chi connectivity index (χ4v) is 2.93. The minimum absolute atomic E-state index is 0.117. The Morgan fingerprint density at radius 3 is 2.52 bits per heavy atom. The second kappa shape index (κ2) is 5.24. The number of carbonyl (C=O) groups is 1. The molecule has 3 nitrogen and oxygen atoms in total. The zero-order valence-electron chi connectivity index (χ0n) is 12.5. The van der Waals surface area contributed by atoms with Crippen molar-refractivity contribution >= 4 is 5.78 Å². The summed E-state index contributed by atoms with van der Waals surface area (Å²) in [6, 6.07) is 11.5. The van der Waals surface area contributed by atoms with Crippen LogP contribution in [0.1, 0.15) is 39.6 Å². The number of rotatable bonds is 2. The molecule has 21 heavy (non-hydrogen) atoms. The van der Waals surface area contributed by atoms with Gasteiger partial charge in [0.15, 0.2) is 5.78 Å². The number of fused-ring (bicyclic) bond motifs is 1. The van der Waals surface area contributed by atoms with Crippen molar-refractivity contribution in [2.24, 2.45) is 0 Å². The van der Waals surface area contributed by atoms with Crippen molar-refractivity contribution in [1.29, 1.82) is 0 Å².